The molecule has 2 unspecified atom stereocenters. The van der Waals surface area contributed by atoms with Gasteiger partial charge in [-0.2, -0.15) is 0 Å². The van der Waals surface area contributed by atoms with Crippen molar-refractivity contribution in [3.05, 3.63) is 29.8 Å². The van der Waals surface area contributed by atoms with E-state index in [2.05, 4.69) is 5.32 Å². The van der Waals surface area contributed by atoms with Gasteiger partial charge in [-0.05, 0) is 45.4 Å². The SMILES string of the molecule is CCC(C(=N)C(=O)C(C)NC(=O)c1cccc(OC(C)C)c1)C(=O)O. The molecule has 7 nitrogen and oxygen atoms in total. The van der Waals surface area contributed by atoms with Gasteiger partial charge in [0.25, 0.3) is 5.91 Å². The first kappa shape index (κ1) is 20.3. The van der Waals surface area contributed by atoms with Gasteiger partial charge in [0.05, 0.1) is 17.9 Å². The summed E-state index contributed by atoms with van der Waals surface area (Å²) in [4.78, 5) is 35.6. The molecule has 0 aromatic heterocycles. The predicted octanol–water partition coefficient (Wildman–Crippen LogP) is 2.29. The molecular formula is C18H24N2O5. The third-order valence-corrected chi connectivity index (χ3v) is 3.53. The van der Waals surface area contributed by atoms with Crippen molar-refractivity contribution in [2.24, 2.45) is 5.92 Å². The van der Waals surface area contributed by atoms with Crippen LogP contribution < -0.4 is 10.1 Å². The summed E-state index contributed by atoms with van der Waals surface area (Å²) in [6.45, 7) is 6.75. The molecule has 25 heavy (non-hydrogen) atoms. The summed E-state index contributed by atoms with van der Waals surface area (Å²) in [7, 11) is 0. The second-order valence-electron chi connectivity index (χ2n) is 5.97. The highest BCUT2D eigenvalue weighted by Crippen LogP contribution is 2.15. The van der Waals surface area contributed by atoms with E-state index in [0.717, 1.165) is 0 Å². The lowest BCUT2D eigenvalue weighted by Gasteiger charge is -2.17. The third-order valence-electron chi connectivity index (χ3n) is 3.53. The van der Waals surface area contributed by atoms with Crippen LogP contribution in [0.2, 0.25) is 0 Å². The van der Waals surface area contributed by atoms with E-state index < -0.39 is 35.3 Å². The molecule has 0 radical (unpaired) electrons. The smallest absolute Gasteiger partial charge is 0.312 e. The Morgan fingerprint density at radius 3 is 2.40 bits per heavy atom. The number of nitrogens with one attached hydrogen (secondary N) is 2. The molecule has 1 aromatic rings. The quantitative estimate of drug-likeness (QED) is 0.592. The molecule has 0 spiro atoms. The molecule has 0 saturated carbocycles. The molecule has 7 heteroatoms. The van der Waals surface area contributed by atoms with Crippen LogP contribution in [-0.2, 0) is 9.59 Å². The zero-order chi connectivity index (χ0) is 19.1. The number of hydrogen-bond acceptors (Lipinski definition) is 5. The van der Waals surface area contributed by atoms with E-state index in [0.29, 0.717) is 11.3 Å². The Hall–Kier alpha value is -2.70. The Kier molecular flexibility index (Phi) is 7.29. The molecule has 0 saturated heterocycles. The molecule has 1 aromatic carbocycles. The average Bonchev–Trinajstić information content (AvgIpc) is 2.53. The van der Waals surface area contributed by atoms with E-state index in [1.807, 2.05) is 13.8 Å². The number of carbonyl (C=O) groups is 3. The number of ketones is 1. The zero-order valence-electron chi connectivity index (χ0n) is 14.8. The van der Waals surface area contributed by atoms with Gasteiger partial charge in [-0.1, -0.05) is 13.0 Å². The number of carboxylic acid groups (broad SMARTS) is 1. The summed E-state index contributed by atoms with van der Waals surface area (Å²) < 4.78 is 5.52. The summed E-state index contributed by atoms with van der Waals surface area (Å²) >= 11 is 0. The Morgan fingerprint density at radius 2 is 1.88 bits per heavy atom. The molecule has 0 heterocycles. The van der Waals surface area contributed by atoms with Gasteiger partial charge in [0.15, 0.2) is 5.78 Å². The van der Waals surface area contributed by atoms with Crippen LogP contribution in [-0.4, -0.2) is 40.6 Å². The minimum absolute atomic E-state index is 0.0405. The molecule has 2 atom stereocenters. The number of aliphatic carboxylic acids is 1. The number of amides is 1. The lowest BCUT2D eigenvalue weighted by Crippen LogP contribution is -2.44. The largest absolute Gasteiger partial charge is 0.491 e. The Bertz CT molecular complexity index is 669. The molecular weight excluding hydrogens is 324 g/mol. The Balaban J connectivity index is 2.81. The van der Waals surface area contributed by atoms with Crippen LogP contribution in [0.25, 0.3) is 0 Å². The van der Waals surface area contributed by atoms with E-state index in [1.165, 1.54) is 6.92 Å². The zero-order valence-corrected chi connectivity index (χ0v) is 14.8. The molecule has 1 rings (SSSR count). The fourth-order valence-corrected chi connectivity index (χ4v) is 2.24. The highest BCUT2D eigenvalue weighted by molar-refractivity contribution is 6.44. The van der Waals surface area contributed by atoms with Crippen molar-refractivity contribution in [1.29, 1.82) is 5.41 Å². The third kappa shape index (κ3) is 5.70. The fourth-order valence-electron chi connectivity index (χ4n) is 2.24. The lowest BCUT2D eigenvalue weighted by molar-refractivity contribution is -0.140. The summed E-state index contributed by atoms with van der Waals surface area (Å²) in [5.74, 6) is -3.07. The number of carboxylic acids is 1. The second-order valence-corrected chi connectivity index (χ2v) is 5.97. The van der Waals surface area contributed by atoms with E-state index >= 15 is 0 Å². The van der Waals surface area contributed by atoms with E-state index in [1.54, 1.807) is 31.2 Å². The maximum absolute atomic E-state index is 12.3. The molecule has 0 bridgehead atoms. The van der Waals surface area contributed by atoms with Crippen LogP contribution in [0, 0.1) is 11.3 Å². The van der Waals surface area contributed by atoms with Gasteiger partial charge in [-0.15, -0.1) is 0 Å². The predicted molar refractivity (Wildman–Crippen MR) is 93.3 cm³/mol. The minimum Gasteiger partial charge on any atom is -0.491 e. The lowest BCUT2D eigenvalue weighted by atomic mass is 9.94. The fraction of sp³-hybridized carbons (Fsp3) is 0.444. The van der Waals surface area contributed by atoms with Crippen LogP contribution in [0.4, 0.5) is 0 Å². The van der Waals surface area contributed by atoms with Crippen LogP contribution in [0.3, 0.4) is 0 Å². The van der Waals surface area contributed by atoms with E-state index in [4.69, 9.17) is 15.3 Å². The second kappa shape index (κ2) is 8.96. The minimum atomic E-state index is -1.22. The van der Waals surface area contributed by atoms with Crippen LogP contribution in [0.1, 0.15) is 44.5 Å². The van der Waals surface area contributed by atoms with Gasteiger partial charge < -0.3 is 20.6 Å². The molecule has 1 amide bonds. The van der Waals surface area contributed by atoms with Gasteiger partial charge in [0.2, 0.25) is 0 Å². The highest BCUT2D eigenvalue weighted by Gasteiger charge is 2.29. The van der Waals surface area contributed by atoms with Crippen LogP contribution in [0.15, 0.2) is 24.3 Å². The number of hydrogen-bond donors (Lipinski definition) is 3. The van der Waals surface area contributed by atoms with Gasteiger partial charge >= 0.3 is 5.97 Å². The number of carbonyl (C=O) groups excluding carboxylic acids is 2. The Morgan fingerprint density at radius 1 is 1.24 bits per heavy atom. The van der Waals surface area contributed by atoms with E-state index in [9.17, 15) is 14.4 Å². The van der Waals surface area contributed by atoms with E-state index in [-0.39, 0.29) is 12.5 Å². The number of ether oxygens (including phenoxy) is 1. The summed E-state index contributed by atoms with van der Waals surface area (Å²) in [5, 5.41) is 19.3. The normalized spacial score (nSPS) is 13.0. The van der Waals surface area contributed by atoms with Crippen molar-refractivity contribution in [3.63, 3.8) is 0 Å². The summed E-state index contributed by atoms with van der Waals surface area (Å²) in [5.41, 5.74) is -0.200. The summed E-state index contributed by atoms with van der Waals surface area (Å²) in [6.07, 6.45) is 0.0936. The first-order chi connectivity index (χ1) is 11.7. The van der Waals surface area contributed by atoms with Crippen LogP contribution in [0.5, 0.6) is 5.75 Å². The monoisotopic (exact) mass is 348 g/mol. The van der Waals surface area contributed by atoms with Crippen molar-refractivity contribution in [2.75, 3.05) is 0 Å². The van der Waals surface area contributed by atoms with Crippen molar-refractivity contribution < 1.29 is 24.2 Å². The molecule has 0 aliphatic carbocycles. The summed E-state index contributed by atoms with van der Waals surface area (Å²) in [6, 6.07) is 5.53. The Labute approximate surface area is 146 Å². The maximum atomic E-state index is 12.3. The van der Waals surface area contributed by atoms with Gasteiger partial charge in [0, 0.05) is 5.56 Å². The molecule has 0 aliphatic rings. The van der Waals surface area contributed by atoms with Crippen molar-refractivity contribution >= 4 is 23.4 Å². The molecule has 136 valence electrons. The van der Waals surface area contributed by atoms with Gasteiger partial charge in [-0.3, -0.25) is 14.4 Å². The number of rotatable bonds is 9. The van der Waals surface area contributed by atoms with Crippen molar-refractivity contribution in [2.45, 2.75) is 46.3 Å². The first-order valence-corrected chi connectivity index (χ1v) is 8.10. The average molecular weight is 348 g/mol. The topological polar surface area (TPSA) is 117 Å². The molecule has 3 N–H and O–H groups in total. The number of benzene rings is 1. The molecule has 0 aliphatic heterocycles. The van der Waals surface area contributed by atoms with Gasteiger partial charge in [-0.25, -0.2) is 0 Å². The van der Waals surface area contributed by atoms with Crippen molar-refractivity contribution in [1.82, 2.24) is 5.32 Å². The first-order valence-electron chi connectivity index (χ1n) is 8.10. The highest BCUT2D eigenvalue weighted by atomic mass is 16.5. The number of Topliss-reactive ketones (excluding diaryl/α,β-unsaturated/α-hetero) is 1. The standard InChI is InChI=1S/C18H24N2O5/c1-5-14(18(23)24)15(19)16(21)11(4)20-17(22)12-7-6-8-13(9-12)25-10(2)3/h6-11,14,19H,5H2,1-4H3,(H,20,22)(H,23,24). The van der Waals surface area contributed by atoms with Gasteiger partial charge in [0.1, 0.15) is 11.7 Å². The van der Waals surface area contributed by atoms with Crippen molar-refractivity contribution in [3.8, 4) is 5.75 Å². The maximum Gasteiger partial charge on any atom is 0.312 e. The van der Waals surface area contributed by atoms with Crippen LogP contribution >= 0.6 is 0 Å². The molecule has 0 fully saturated rings.